The normalized spacial score (nSPS) is 13.0. The maximum Gasteiger partial charge on any atom is 0.341 e. The first-order valence-corrected chi connectivity index (χ1v) is 10.6. The first-order chi connectivity index (χ1) is 11.9. The lowest BCUT2D eigenvalue weighted by Gasteiger charge is -2.19. The first kappa shape index (κ1) is 24.2. The second-order valence-electron chi connectivity index (χ2n) is 4.95. The molecular formula is C14H23NO9S2. The summed E-state index contributed by atoms with van der Waals surface area (Å²) >= 11 is 0. The molecule has 0 radical (unpaired) electrons. The van der Waals surface area contributed by atoms with Crippen molar-refractivity contribution in [3.8, 4) is 0 Å². The topological polar surface area (TPSA) is 144 Å². The number of esters is 1. The number of ketones is 1. The lowest BCUT2D eigenvalue weighted by Crippen LogP contribution is -2.29. The molecule has 0 aromatic rings. The molecule has 0 saturated heterocycles. The van der Waals surface area contributed by atoms with Crippen LogP contribution in [0, 0.1) is 0 Å². The van der Waals surface area contributed by atoms with E-state index in [0.29, 0.717) is 0 Å². The predicted molar refractivity (Wildman–Crippen MR) is 93.3 cm³/mol. The molecule has 0 atom stereocenters. The number of nitrogens with zero attached hydrogens (tertiary/aromatic N) is 1. The molecule has 0 spiro atoms. The van der Waals surface area contributed by atoms with Crippen LogP contribution in [0.25, 0.3) is 0 Å². The third kappa shape index (κ3) is 11.0. The predicted octanol–water partition coefficient (Wildman–Crippen LogP) is -0.255. The van der Waals surface area contributed by atoms with E-state index in [-0.39, 0.29) is 25.3 Å². The fourth-order valence-electron chi connectivity index (χ4n) is 1.60. The van der Waals surface area contributed by atoms with Crippen LogP contribution in [-0.4, -0.2) is 76.4 Å². The van der Waals surface area contributed by atoms with Gasteiger partial charge in [-0.2, -0.15) is 16.8 Å². The van der Waals surface area contributed by atoms with Gasteiger partial charge in [0.1, 0.15) is 5.57 Å². The van der Waals surface area contributed by atoms with Crippen LogP contribution in [0.1, 0.15) is 13.8 Å². The van der Waals surface area contributed by atoms with Gasteiger partial charge < -0.3 is 9.64 Å². The third-order valence-electron chi connectivity index (χ3n) is 2.95. The minimum absolute atomic E-state index is 0.0858. The summed E-state index contributed by atoms with van der Waals surface area (Å²) in [5.74, 6) is -2.40. The molecule has 0 aromatic heterocycles. The number of carbonyl (C=O) groups is 2. The fraction of sp³-hybridized carbons (Fsp3) is 0.571. The van der Waals surface area contributed by atoms with Gasteiger partial charge in [0.05, 0.1) is 25.2 Å². The maximum atomic E-state index is 11.6. The minimum atomic E-state index is -4.25. The Balaban J connectivity index is 5.28. The lowest BCUT2D eigenvalue weighted by atomic mass is 10.2. The van der Waals surface area contributed by atoms with Crippen molar-refractivity contribution in [2.45, 2.75) is 13.8 Å². The second-order valence-corrected chi connectivity index (χ2v) is 8.38. The van der Waals surface area contributed by atoms with Crippen molar-refractivity contribution in [1.29, 1.82) is 0 Å². The zero-order valence-electron chi connectivity index (χ0n) is 14.7. The molecule has 0 unspecified atom stereocenters. The van der Waals surface area contributed by atoms with Crippen LogP contribution in [0.4, 0.5) is 0 Å². The Morgan fingerprint density at radius 1 is 1.12 bits per heavy atom. The Hall–Kier alpha value is -1.76. The van der Waals surface area contributed by atoms with Gasteiger partial charge in [-0.25, -0.2) is 4.79 Å². The monoisotopic (exact) mass is 413 g/mol. The average molecular weight is 413 g/mol. The summed E-state index contributed by atoms with van der Waals surface area (Å²) in [5.41, 5.74) is -0.220. The van der Waals surface area contributed by atoms with Crippen molar-refractivity contribution >= 4 is 32.0 Å². The van der Waals surface area contributed by atoms with E-state index in [4.69, 9.17) is 9.29 Å². The average Bonchev–Trinajstić information content (AvgIpc) is 2.52. The van der Waals surface area contributed by atoms with Crippen LogP contribution in [0.3, 0.4) is 0 Å². The molecule has 0 bridgehead atoms. The van der Waals surface area contributed by atoms with E-state index in [0.717, 1.165) is 7.11 Å². The molecule has 0 aliphatic heterocycles. The van der Waals surface area contributed by atoms with E-state index in [1.165, 1.54) is 30.2 Å². The quantitative estimate of drug-likeness (QED) is 0.0864. The van der Waals surface area contributed by atoms with E-state index < -0.39 is 43.5 Å². The second kappa shape index (κ2) is 11.1. The van der Waals surface area contributed by atoms with Gasteiger partial charge in [0.15, 0.2) is 5.78 Å². The van der Waals surface area contributed by atoms with Gasteiger partial charge in [0.25, 0.3) is 20.2 Å². The van der Waals surface area contributed by atoms with Gasteiger partial charge >= 0.3 is 5.97 Å². The van der Waals surface area contributed by atoms with E-state index >= 15 is 0 Å². The van der Waals surface area contributed by atoms with Crippen LogP contribution < -0.4 is 0 Å². The third-order valence-corrected chi connectivity index (χ3v) is 4.84. The van der Waals surface area contributed by atoms with Gasteiger partial charge in [0, 0.05) is 13.1 Å². The highest BCUT2D eigenvalue weighted by molar-refractivity contribution is 7.86. The zero-order chi connectivity index (χ0) is 20.4. The van der Waals surface area contributed by atoms with Gasteiger partial charge in [-0.15, -0.1) is 0 Å². The minimum Gasteiger partial charge on any atom is -0.462 e. The molecule has 10 nitrogen and oxygen atoms in total. The van der Waals surface area contributed by atoms with E-state index in [9.17, 15) is 26.4 Å². The summed E-state index contributed by atoms with van der Waals surface area (Å²) in [6.45, 7) is 2.50. The summed E-state index contributed by atoms with van der Waals surface area (Å²) in [7, 11) is -7.03. The Labute approximate surface area is 153 Å². The number of Topliss-reactive ketones (excluding diaryl/α,β-unsaturated/α-hetero) is 1. The van der Waals surface area contributed by atoms with Crippen LogP contribution in [0.5, 0.6) is 0 Å². The van der Waals surface area contributed by atoms with Crippen molar-refractivity contribution in [1.82, 2.24) is 4.90 Å². The summed E-state index contributed by atoms with van der Waals surface area (Å²) in [6, 6.07) is 0. The van der Waals surface area contributed by atoms with E-state index in [1.807, 2.05) is 0 Å². The van der Waals surface area contributed by atoms with Crippen LogP contribution in [-0.2, 0) is 38.7 Å². The Morgan fingerprint density at radius 3 is 2.15 bits per heavy atom. The summed E-state index contributed by atoms with van der Waals surface area (Å²) in [4.78, 5) is 24.4. The summed E-state index contributed by atoms with van der Waals surface area (Å²) in [6.07, 6.45) is 3.74. The number of ether oxygens (including phenoxy) is 1. The molecule has 0 saturated carbocycles. The fourth-order valence-corrected chi connectivity index (χ4v) is 2.69. The molecule has 0 fully saturated rings. The Bertz CT molecular complexity index is 751. The van der Waals surface area contributed by atoms with E-state index in [2.05, 4.69) is 4.18 Å². The van der Waals surface area contributed by atoms with E-state index in [1.54, 1.807) is 6.92 Å². The SMILES string of the molecule is CCOC(=O)/C(=C/C=C/N(CCS(=O)(=O)O)CCS(=O)(=O)OC)C(C)=O. The molecule has 12 heteroatoms. The van der Waals surface area contributed by atoms with Crippen LogP contribution in [0.2, 0.25) is 0 Å². The smallest absolute Gasteiger partial charge is 0.341 e. The van der Waals surface area contributed by atoms with Gasteiger partial charge in [0.2, 0.25) is 0 Å². The number of hydrogen-bond acceptors (Lipinski definition) is 9. The Kier molecular flexibility index (Phi) is 10.3. The molecule has 0 amide bonds. The molecule has 1 N–H and O–H groups in total. The van der Waals surface area contributed by atoms with Crippen molar-refractivity contribution in [3.63, 3.8) is 0 Å². The molecular weight excluding hydrogens is 390 g/mol. The highest BCUT2D eigenvalue weighted by Gasteiger charge is 2.15. The number of rotatable bonds is 12. The standard InChI is InChI=1S/C14H23NO9S2/c1-4-24-14(17)13(12(2)16)6-5-7-15(8-10-25(18,19)20)9-11-26(21,22)23-3/h5-7H,4,8-11H2,1-3H3,(H,18,19,20)/b7-5+,13-6+. The maximum absolute atomic E-state index is 11.6. The van der Waals surface area contributed by atoms with Crippen molar-refractivity contribution in [2.24, 2.45) is 0 Å². The highest BCUT2D eigenvalue weighted by atomic mass is 32.2. The zero-order valence-corrected chi connectivity index (χ0v) is 16.4. The van der Waals surface area contributed by atoms with Gasteiger partial charge in [-0.1, -0.05) is 0 Å². The molecule has 26 heavy (non-hydrogen) atoms. The molecule has 0 rings (SSSR count). The number of allylic oxidation sites excluding steroid dienone is 2. The molecule has 150 valence electrons. The molecule has 0 aliphatic carbocycles. The first-order valence-electron chi connectivity index (χ1n) is 7.46. The van der Waals surface area contributed by atoms with Crippen LogP contribution in [0.15, 0.2) is 23.9 Å². The van der Waals surface area contributed by atoms with Crippen molar-refractivity contribution < 1.29 is 39.9 Å². The van der Waals surface area contributed by atoms with Gasteiger partial charge in [-0.05, 0) is 32.2 Å². The lowest BCUT2D eigenvalue weighted by molar-refractivity contribution is -0.139. The Morgan fingerprint density at radius 2 is 1.69 bits per heavy atom. The highest BCUT2D eigenvalue weighted by Crippen LogP contribution is 2.03. The molecule has 0 heterocycles. The summed E-state index contributed by atoms with van der Waals surface area (Å²) in [5, 5.41) is 0. The number of hydrogen-bond donors (Lipinski definition) is 1. The van der Waals surface area contributed by atoms with Crippen molar-refractivity contribution in [2.75, 3.05) is 38.3 Å². The summed E-state index contributed by atoms with van der Waals surface area (Å²) < 4.78 is 62.4. The van der Waals surface area contributed by atoms with Crippen molar-refractivity contribution in [3.05, 3.63) is 23.9 Å². The van der Waals surface area contributed by atoms with Gasteiger partial charge in [-0.3, -0.25) is 13.5 Å². The number of carbonyl (C=O) groups excluding carboxylic acids is 2. The molecule has 0 aliphatic rings. The largest absolute Gasteiger partial charge is 0.462 e. The molecule has 0 aromatic carbocycles. The van der Waals surface area contributed by atoms with Crippen LogP contribution >= 0.6 is 0 Å².